The lowest BCUT2D eigenvalue weighted by Gasteiger charge is -2.10. The summed E-state index contributed by atoms with van der Waals surface area (Å²) in [5.41, 5.74) is 5.83. The van der Waals surface area contributed by atoms with Crippen molar-refractivity contribution in [1.82, 2.24) is 0 Å². The Morgan fingerprint density at radius 2 is 1.82 bits per heavy atom. The van der Waals surface area contributed by atoms with Crippen LogP contribution in [0.3, 0.4) is 0 Å². The Hall–Kier alpha value is -1.73. The summed E-state index contributed by atoms with van der Waals surface area (Å²) < 4.78 is 0. The number of para-hydroxylation sites is 1. The van der Waals surface area contributed by atoms with Crippen LogP contribution >= 0.6 is 11.6 Å². The zero-order chi connectivity index (χ0) is 11.8. The maximum atomic E-state index is 6.05. The summed E-state index contributed by atoms with van der Waals surface area (Å²) in [6.45, 7) is 2.12. The maximum absolute atomic E-state index is 6.05. The Labute approximate surface area is 106 Å². The fraction of sp³-hybridized carbons (Fsp3) is 0.0667. The van der Waals surface area contributed by atoms with Gasteiger partial charge in [-0.2, -0.15) is 0 Å². The highest BCUT2D eigenvalue weighted by atomic mass is 35.5. The summed E-state index contributed by atoms with van der Waals surface area (Å²) in [4.78, 5) is 0. The van der Waals surface area contributed by atoms with Crippen LogP contribution in [0.25, 0.3) is 11.6 Å². The van der Waals surface area contributed by atoms with Crippen molar-refractivity contribution in [2.75, 3.05) is 5.32 Å². The van der Waals surface area contributed by atoms with E-state index in [-0.39, 0.29) is 0 Å². The zero-order valence-corrected chi connectivity index (χ0v) is 10.3. The minimum absolute atomic E-state index is 0.753. The minimum Gasteiger partial charge on any atom is -0.354 e. The van der Waals surface area contributed by atoms with E-state index in [4.69, 9.17) is 11.6 Å². The lowest BCUT2D eigenvalue weighted by Crippen LogP contribution is -1.93. The van der Waals surface area contributed by atoms with Crippen molar-refractivity contribution in [2.24, 2.45) is 0 Å². The van der Waals surface area contributed by atoms with Gasteiger partial charge in [0.2, 0.25) is 0 Å². The van der Waals surface area contributed by atoms with E-state index in [0.717, 1.165) is 16.4 Å². The quantitative estimate of drug-likeness (QED) is 0.688. The molecule has 0 unspecified atom stereocenters. The lowest BCUT2D eigenvalue weighted by atomic mass is 10.0. The molecule has 1 N–H and O–H groups in total. The largest absolute Gasteiger partial charge is 0.354 e. The van der Waals surface area contributed by atoms with Crippen molar-refractivity contribution in [2.45, 2.75) is 6.92 Å². The maximum Gasteiger partial charge on any atom is 0.0475 e. The average molecular weight is 242 g/mol. The first-order valence-electron chi connectivity index (χ1n) is 5.58. The standard InChI is InChI=1S/C15H12ClN/c1-10-8-11-4-2-3-5-14(11)17-15-9-12(16)6-7-13(10)15/h2-9,17H,1H3. The molecule has 3 rings (SSSR count). The fourth-order valence-electron chi connectivity index (χ4n) is 2.16. The molecule has 2 aromatic carbocycles. The summed E-state index contributed by atoms with van der Waals surface area (Å²) >= 11 is 6.05. The second-order valence-electron chi connectivity index (χ2n) is 4.23. The van der Waals surface area contributed by atoms with E-state index in [2.05, 4.69) is 36.5 Å². The fourth-order valence-corrected chi connectivity index (χ4v) is 2.33. The molecule has 0 atom stereocenters. The molecule has 1 heterocycles. The molecule has 2 heteroatoms. The smallest absolute Gasteiger partial charge is 0.0475 e. The summed E-state index contributed by atoms with van der Waals surface area (Å²) in [7, 11) is 0. The monoisotopic (exact) mass is 241 g/mol. The number of nitrogens with one attached hydrogen (secondary N) is 1. The Morgan fingerprint density at radius 3 is 2.71 bits per heavy atom. The predicted octanol–water partition coefficient (Wildman–Crippen LogP) is 4.96. The van der Waals surface area contributed by atoms with Crippen LogP contribution in [-0.4, -0.2) is 0 Å². The molecule has 0 aromatic heterocycles. The van der Waals surface area contributed by atoms with Gasteiger partial charge in [-0.25, -0.2) is 0 Å². The van der Waals surface area contributed by atoms with Crippen molar-refractivity contribution >= 4 is 34.6 Å². The van der Waals surface area contributed by atoms with Crippen molar-refractivity contribution in [1.29, 1.82) is 0 Å². The highest BCUT2D eigenvalue weighted by Gasteiger charge is 2.11. The number of halogens is 1. The Bertz CT molecular complexity index is 614. The number of fused-ring (bicyclic) bond motifs is 2. The van der Waals surface area contributed by atoms with Crippen LogP contribution in [-0.2, 0) is 0 Å². The van der Waals surface area contributed by atoms with E-state index in [9.17, 15) is 0 Å². The van der Waals surface area contributed by atoms with Gasteiger partial charge in [0.15, 0.2) is 0 Å². The molecular formula is C15H12ClN. The topological polar surface area (TPSA) is 12.0 Å². The number of anilines is 2. The van der Waals surface area contributed by atoms with E-state index in [1.54, 1.807) is 0 Å². The molecule has 84 valence electrons. The number of hydrogen-bond donors (Lipinski definition) is 1. The van der Waals surface area contributed by atoms with E-state index >= 15 is 0 Å². The Kier molecular flexibility index (Phi) is 2.41. The van der Waals surface area contributed by atoms with Crippen LogP contribution in [0, 0.1) is 0 Å². The van der Waals surface area contributed by atoms with Gasteiger partial charge >= 0.3 is 0 Å². The molecule has 0 bridgehead atoms. The highest BCUT2D eigenvalue weighted by molar-refractivity contribution is 6.31. The van der Waals surface area contributed by atoms with Gasteiger partial charge in [0.1, 0.15) is 0 Å². The third-order valence-electron chi connectivity index (χ3n) is 3.01. The van der Waals surface area contributed by atoms with Crippen LogP contribution in [0.5, 0.6) is 0 Å². The second-order valence-corrected chi connectivity index (χ2v) is 4.67. The van der Waals surface area contributed by atoms with E-state index in [0.29, 0.717) is 0 Å². The van der Waals surface area contributed by atoms with Gasteiger partial charge in [-0.3, -0.25) is 0 Å². The van der Waals surface area contributed by atoms with Crippen LogP contribution < -0.4 is 5.32 Å². The molecule has 0 aliphatic carbocycles. The molecule has 0 fully saturated rings. The van der Waals surface area contributed by atoms with Crippen LogP contribution in [0.1, 0.15) is 18.1 Å². The summed E-state index contributed by atoms with van der Waals surface area (Å²) in [6, 6.07) is 14.2. The number of rotatable bonds is 0. The van der Waals surface area contributed by atoms with Crippen LogP contribution in [0.15, 0.2) is 42.5 Å². The third-order valence-corrected chi connectivity index (χ3v) is 3.24. The SMILES string of the molecule is CC1=Cc2ccccc2Nc2cc(Cl)ccc21. The second kappa shape index (κ2) is 3.94. The van der Waals surface area contributed by atoms with Gasteiger partial charge in [-0.15, -0.1) is 0 Å². The molecule has 17 heavy (non-hydrogen) atoms. The molecule has 1 aliphatic heterocycles. The van der Waals surface area contributed by atoms with Gasteiger partial charge in [-0.05, 0) is 42.3 Å². The van der Waals surface area contributed by atoms with Crippen molar-refractivity contribution < 1.29 is 0 Å². The van der Waals surface area contributed by atoms with Crippen molar-refractivity contribution in [3.05, 3.63) is 58.6 Å². The Balaban J connectivity index is 2.24. The lowest BCUT2D eigenvalue weighted by molar-refractivity contribution is 1.52. The van der Waals surface area contributed by atoms with Gasteiger partial charge in [0, 0.05) is 22.0 Å². The third kappa shape index (κ3) is 1.83. The first-order chi connectivity index (χ1) is 8.24. The first-order valence-corrected chi connectivity index (χ1v) is 5.96. The van der Waals surface area contributed by atoms with Crippen LogP contribution in [0.4, 0.5) is 11.4 Å². The molecule has 1 aliphatic rings. The summed E-state index contributed by atoms with van der Waals surface area (Å²) in [6.07, 6.45) is 2.20. The van der Waals surface area contributed by atoms with Crippen molar-refractivity contribution in [3.63, 3.8) is 0 Å². The number of benzene rings is 2. The van der Waals surface area contributed by atoms with Crippen LogP contribution in [0.2, 0.25) is 5.02 Å². The Morgan fingerprint density at radius 1 is 1.00 bits per heavy atom. The summed E-state index contributed by atoms with van der Waals surface area (Å²) in [5, 5.41) is 4.19. The highest BCUT2D eigenvalue weighted by Crippen LogP contribution is 2.35. The number of hydrogen-bond acceptors (Lipinski definition) is 1. The molecule has 0 saturated carbocycles. The normalized spacial score (nSPS) is 12.9. The van der Waals surface area contributed by atoms with E-state index < -0.39 is 0 Å². The van der Waals surface area contributed by atoms with Crippen molar-refractivity contribution in [3.8, 4) is 0 Å². The van der Waals surface area contributed by atoms with Gasteiger partial charge in [-0.1, -0.05) is 35.9 Å². The predicted molar refractivity (Wildman–Crippen MR) is 74.7 cm³/mol. The molecular weight excluding hydrogens is 230 g/mol. The molecule has 0 spiro atoms. The summed E-state index contributed by atoms with van der Waals surface area (Å²) in [5.74, 6) is 0. The number of allylic oxidation sites excluding steroid dienone is 1. The molecule has 2 aromatic rings. The van der Waals surface area contributed by atoms with E-state index in [1.165, 1.54) is 16.7 Å². The van der Waals surface area contributed by atoms with Gasteiger partial charge in [0.05, 0.1) is 0 Å². The zero-order valence-electron chi connectivity index (χ0n) is 9.50. The van der Waals surface area contributed by atoms with Gasteiger partial charge < -0.3 is 5.32 Å². The molecule has 0 amide bonds. The molecule has 0 radical (unpaired) electrons. The average Bonchev–Trinajstić information content (AvgIpc) is 2.44. The first kappa shape index (κ1) is 10.4. The minimum atomic E-state index is 0.753. The van der Waals surface area contributed by atoms with E-state index in [1.807, 2.05) is 24.3 Å². The van der Waals surface area contributed by atoms with Gasteiger partial charge in [0.25, 0.3) is 0 Å². The molecule has 1 nitrogen and oxygen atoms in total. The molecule has 0 saturated heterocycles.